The summed E-state index contributed by atoms with van der Waals surface area (Å²) in [4.78, 5) is 54.0. The van der Waals surface area contributed by atoms with Crippen LogP contribution < -0.4 is 11.2 Å². The largest absolute Gasteiger partial charge is 0.481 e. The van der Waals surface area contributed by atoms with Crippen molar-refractivity contribution in [1.82, 2.24) is 14.5 Å². The van der Waals surface area contributed by atoms with Crippen LogP contribution in [0.3, 0.4) is 0 Å². The number of aromatic nitrogens is 2. The SMILES string of the molecule is CCN(CC)CC.O=c1ccn([C@]23C[C@H]2[C@H](COP(=O)(O)OP(=O)(O)O)[C@@H](O)[C@H]3O)c(=O)[nH]1. The molecule has 6 N–H and O–H groups in total. The average Bonchev–Trinajstić information content (AvgIpc) is 3.38. The number of phosphoric ester groups is 1. The van der Waals surface area contributed by atoms with Crippen LogP contribution in [0.25, 0.3) is 0 Å². The van der Waals surface area contributed by atoms with Gasteiger partial charge in [0.15, 0.2) is 0 Å². The number of aromatic amines is 1. The Labute approximate surface area is 189 Å². The molecule has 1 unspecified atom stereocenters. The zero-order valence-electron chi connectivity index (χ0n) is 18.5. The minimum Gasteiger partial charge on any atom is -0.390 e. The van der Waals surface area contributed by atoms with Crippen LogP contribution in [0.1, 0.15) is 27.2 Å². The van der Waals surface area contributed by atoms with Gasteiger partial charge in [0.25, 0.3) is 5.56 Å². The predicted molar refractivity (Wildman–Crippen MR) is 115 cm³/mol. The molecule has 2 aliphatic carbocycles. The second-order valence-corrected chi connectivity index (χ2v) is 10.7. The predicted octanol–water partition coefficient (Wildman–Crippen LogP) is -0.822. The van der Waals surface area contributed by atoms with Crippen LogP contribution in [0.4, 0.5) is 0 Å². The number of aliphatic hydroxyl groups is 2. The van der Waals surface area contributed by atoms with Crippen molar-refractivity contribution in [3.05, 3.63) is 33.1 Å². The second kappa shape index (κ2) is 10.6. The lowest BCUT2D eigenvalue weighted by molar-refractivity contribution is -0.0281. The third-order valence-corrected chi connectivity index (χ3v) is 8.23. The van der Waals surface area contributed by atoms with Crippen LogP contribution in [0.5, 0.6) is 0 Å². The highest BCUT2D eigenvalue weighted by Crippen LogP contribution is 2.65. The highest BCUT2D eigenvalue weighted by molar-refractivity contribution is 7.60. The Hall–Kier alpha value is -1.18. The Bertz CT molecular complexity index is 1010. The minimum atomic E-state index is -5.28. The molecule has 1 heterocycles. The van der Waals surface area contributed by atoms with Crippen LogP contribution >= 0.6 is 15.6 Å². The molecule has 0 spiro atoms. The van der Waals surface area contributed by atoms with Crippen LogP contribution in [-0.2, 0) is 23.5 Å². The summed E-state index contributed by atoms with van der Waals surface area (Å²) in [6, 6.07) is 1.07. The van der Waals surface area contributed by atoms with E-state index in [0.29, 0.717) is 0 Å². The molecule has 0 radical (unpaired) electrons. The fraction of sp³-hybridized carbons (Fsp3) is 0.765. The van der Waals surface area contributed by atoms with Gasteiger partial charge in [-0.1, -0.05) is 20.8 Å². The maximum atomic E-state index is 12.0. The molecule has 6 atom stereocenters. The summed E-state index contributed by atoms with van der Waals surface area (Å²) >= 11 is 0. The van der Waals surface area contributed by atoms with Gasteiger partial charge in [-0.15, -0.1) is 0 Å². The number of phosphoric acid groups is 2. The molecule has 16 heteroatoms. The number of aliphatic hydroxyl groups excluding tert-OH is 2. The Morgan fingerprint density at radius 2 is 1.73 bits per heavy atom. The lowest BCUT2D eigenvalue weighted by Gasteiger charge is -2.24. The molecule has 0 amide bonds. The van der Waals surface area contributed by atoms with Crippen LogP contribution in [0.2, 0.25) is 0 Å². The van der Waals surface area contributed by atoms with E-state index in [2.05, 4.69) is 34.5 Å². The number of H-pyrrole nitrogens is 1. The molecule has 2 aliphatic rings. The van der Waals surface area contributed by atoms with Crippen molar-refractivity contribution in [1.29, 1.82) is 0 Å². The monoisotopic (exact) mass is 515 g/mol. The molecule has 0 aliphatic heterocycles. The van der Waals surface area contributed by atoms with Gasteiger partial charge < -0.3 is 29.8 Å². The molecular weight excluding hydrogens is 484 g/mol. The molecule has 3 rings (SSSR count). The Balaban J connectivity index is 0.000000479. The van der Waals surface area contributed by atoms with Crippen molar-refractivity contribution in [3.8, 4) is 0 Å². The molecule has 2 fully saturated rings. The zero-order chi connectivity index (χ0) is 25.2. The number of hydrogen-bond acceptors (Lipinski definition) is 9. The summed E-state index contributed by atoms with van der Waals surface area (Å²) in [7, 11) is -10.4. The smallest absolute Gasteiger partial charge is 0.390 e. The van der Waals surface area contributed by atoms with Crippen molar-refractivity contribution in [2.24, 2.45) is 11.8 Å². The standard InChI is InChI=1S/C11H16N2O11P2.C6H15N/c14-7-1-2-13(10(17)12-7)11-3-6(11)5(8(15)9(11)16)4-23-26(21,22)24-25(18,19)20;1-4-7(5-2)6-3/h1-2,5-6,8-9,15-16H,3-4H2,(H,21,22)(H,12,14,17)(H2,18,19,20);4-6H2,1-3H3/t5-,6-,8+,9+,11+;/m0./s1. The molecular formula is C17H31N3O11P2. The van der Waals surface area contributed by atoms with E-state index in [1.165, 1.54) is 25.8 Å². The number of rotatable bonds is 9. The Kier molecular flexibility index (Phi) is 9.02. The summed E-state index contributed by atoms with van der Waals surface area (Å²) in [5.41, 5.74) is -2.63. The van der Waals surface area contributed by atoms with E-state index in [1.807, 2.05) is 4.98 Å². The van der Waals surface area contributed by atoms with E-state index < -0.39 is 63.1 Å². The molecule has 190 valence electrons. The maximum Gasteiger partial charge on any atom is 0.481 e. The third kappa shape index (κ3) is 6.49. The first-order valence-corrected chi connectivity index (χ1v) is 13.4. The van der Waals surface area contributed by atoms with Crippen LogP contribution in [0, 0.1) is 11.8 Å². The summed E-state index contributed by atoms with van der Waals surface area (Å²) in [5, 5.41) is 20.5. The first-order chi connectivity index (χ1) is 15.2. The highest BCUT2D eigenvalue weighted by Gasteiger charge is 2.72. The molecule has 2 saturated carbocycles. The van der Waals surface area contributed by atoms with Crippen molar-refractivity contribution in [2.45, 2.75) is 44.9 Å². The minimum absolute atomic E-state index is 0.223. The quantitative estimate of drug-likeness (QED) is 0.223. The van der Waals surface area contributed by atoms with Crippen molar-refractivity contribution < 1.29 is 42.9 Å². The van der Waals surface area contributed by atoms with Gasteiger partial charge in [0.05, 0.1) is 18.2 Å². The van der Waals surface area contributed by atoms with Crippen molar-refractivity contribution in [3.63, 3.8) is 0 Å². The van der Waals surface area contributed by atoms with Gasteiger partial charge in [-0.25, -0.2) is 13.9 Å². The number of nitrogens with one attached hydrogen (secondary N) is 1. The fourth-order valence-electron chi connectivity index (χ4n) is 4.31. The van der Waals surface area contributed by atoms with E-state index in [-0.39, 0.29) is 6.42 Å². The summed E-state index contributed by atoms with van der Waals surface area (Å²) in [6.45, 7) is 9.47. The highest BCUT2D eigenvalue weighted by atomic mass is 31.3. The molecule has 0 saturated heterocycles. The lowest BCUT2D eigenvalue weighted by Crippen LogP contribution is -2.44. The summed E-state index contributed by atoms with van der Waals surface area (Å²) in [6.07, 6.45) is -1.47. The first-order valence-electron chi connectivity index (χ1n) is 10.4. The molecule has 14 nitrogen and oxygen atoms in total. The Morgan fingerprint density at radius 1 is 1.15 bits per heavy atom. The number of fused-ring (bicyclic) bond motifs is 1. The van der Waals surface area contributed by atoms with Gasteiger partial charge in [0.1, 0.15) is 6.10 Å². The number of nitrogens with zero attached hydrogens (tertiary/aromatic N) is 2. The first kappa shape index (κ1) is 28.1. The average molecular weight is 515 g/mol. The Morgan fingerprint density at radius 3 is 2.18 bits per heavy atom. The maximum absolute atomic E-state index is 12.0. The normalized spacial score (nSPS) is 30.3. The third-order valence-electron chi connectivity index (χ3n) is 6.07. The summed E-state index contributed by atoms with van der Waals surface area (Å²) < 4.78 is 31.4. The molecule has 1 aromatic rings. The molecule has 0 aromatic carbocycles. The summed E-state index contributed by atoms with van der Waals surface area (Å²) in [5.74, 6) is -1.45. The molecule has 1 aromatic heterocycles. The van der Waals surface area contributed by atoms with Gasteiger partial charge in [-0.3, -0.25) is 18.9 Å². The van der Waals surface area contributed by atoms with Crippen molar-refractivity contribution >= 4 is 15.6 Å². The van der Waals surface area contributed by atoms with Gasteiger partial charge in [-0.05, 0) is 32.0 Å². The molecule has 0 bridgehead atoms. The fourth-order valence-corrected chi connectivity index (χ4v) is 5.94. The number of hydrogen-bond donors (Lipinski definition) is 6. The van der Waals surface area contributed by atoms with Crippen molar-refractivity contribution in [2.75, 3.05) is 26.2 Å². The van der Waals surface area contributed by atoms with Gasteiger partial charge >= 0.3 is 21.3 Å². The molecule has 33 heavy (non-hydrogen) atoms. The topological polar surface area (TPSA) is 212 Å². The van der Waals surface area contributed by atoms with Gasteiger partial charge in [0.2, 0.25) is 0 Å². The van der Waals surface area contributed by atoms with Gasteiger partial charge in [-0.2, -0.15) is 4.31 Å². The van der Waals surface area contributed by atoms with Crippen LogP contribution in [-0.4, -0.2) is 77.8 Å². The van der Waals surface area contributed by atoms with Gasteiger partial charge in [0, 0.05) is 18.2 Å². The van der Waals surface area contributed by atoms with E-state index >= 15 is 0 Å². The van der Waals surface area contributed by atoms with E-state index in [9.17, 15) is 33.8 Å². The zero-order valence-corrected chi connectivity index (χ0v) is 20.3. The van der Waals surface area contributed by atoms with Crippen LogP contribution in [0.15, 0.2) is 21.9 Å². The van der Waals surface area contributed by atoms with E-state index in [0.717, 1.165) is 10.6 Å². The van der Waals surface area contributed by atoms with E-state index in [1.54, 1.807) is 0 Å². The lowest BCUT2D eigenvalue weighted by atomic mass is 10.0. The van der Waals surface area contributed by atoms with E-state index in [4.69, 9.17) is 9.79 Å². The second-order valence-electron chi connectivity index (χ2n) is 7.84.